The summed E-state index contributed by atoms with van der Waals surface area (Å²) >= 11 is 2.58. The Balaban J connectivity index is 1.66. The van der Waals surface area contributed by atoms with E-state index < -0.39 is 0 Å². The molecule has 0 unspecified atom stereocenters. The van der Waals surface area contributed by atoms with E-state index in [4.69, 9.17) is 0 Å². The molecule has 4 rings (SSSR count). The molecule has 6 nitrogen and oxygen atoms in total. The zero-order valence-corrected chi connectivity index (χ0v) is 16.6. The van der Waals surface area contributed by atoms with E-state index >= 15 is 0 Å². The van der Waals surface area contributed by atoms with Gasteiger partial charge in [-0.25, -0.2) is 4.98 Å². The van der Waals surface area contributed by atoms with Crippen LogP contribution in [0.1, 0.15) is 32.0 Å². The number of thiazole rings is 1. The van der Waals surface area contributed by atoms with Gasteiger partial charge in [0.2, 0.25) is 0 Å². The van der Waals surface area contributed by atoms with Crippen LogP contribution in [-0.2, 0) is 7.05 Å². The van der Waals surface area contributed by atoms with E-state index in [-0.39, 0.29) is 11.7 Å². The van der Waals surface area contributed by atoms with Gasteiger partial charge in [-0.05, 0) is 13.0 Å². The zero-order chi connectivity index (χ0) is 19.1. The minimum absolute atomic E-state index is 0.0737. The van der Waals surface area contributed by atoms with Gasteiger partial charge in [0.15, 0.2) is 10.9 Å². The van der Waals surface area contributed by atoms with Crippen molar-refractivity contribution in [3.63, 3.8) is 0 Å². The van der Waals surface area contributed by atoms with E-state index in [0.29, 0.717) is 20.6 Å². The van der Waals surface area contributed by atoms with Crippen molar-refractivity contribution in [2.75, 3.05) is 5.32 Å². The summed E-state index contributed by atoms with van der Waals surface area (Å²) in [6.45, 7) is 3.43. The van der Waals surface area contributed by atoms with Crippen LogP contribution in [0.5, 0.6) is 0 Å². The third-order valence-electron chi connectivity index (χ3n) is 4.13. The summed E-state index contributed by atoms with van der Waals surface area (Å²) in [6, 6.07) is 11.3. The number of aromatic nitrogens is 3. The molecule has 3 aromatic heterocycles. The second-order valence-electron chi connectivity index (χ2n) is 6.11. The van der Waals surface area contributed by atoms with E-state index in [1.54, 1.807) is 4.68 Å². The molecule has 0 aliphatic heterocycles. The van der Waals surface area contributed by atoms with Crippen LogP contribution in [0.15, 0.2) is 36.4 Å². The maximum atomic E-state index is 12.7. The van der Waals surface area contributed by atoms with Gasteiger partial charge in [0.05, 0.1) is 21.1 Å². The maximum Gasteiger partial charge on any atom is 0.267 e. The zero-order valence-electron chi connectivity index (χ0n) is 14.9. The summed E-state index contributed by atoms with van der Waals surface area (Å²) in [5.41, 5.74) is 2.34. The molecule has 0 fully saturated rings. The normalized spacial score (nSPS) is 11.1. The molecule has 0 spiro atoms. The lowest BCUT2D eigenvalue weighted by Gasteiger charge is -1.99. The Morgan fingerprint density at radius 2 is 1.89 bits per heavy atom. The Morgan fingerprint density at radius 3 is 2.56 bits per heavy atom. The van der Waals surface area contributed by atoms with Crippen molar-refractivity contribution < 1.29 is 9.59 Å². The van der Waals surface area contributed by atoms with E-state index in [0.717, 1.165) is 21.5 Å². The summed E-state index contributed by atoms with van der Waals surface area (Å²) in [6.07, 6.45) is 0. The number of Topliss-reactive ketones (excluding diaryl/α,β-unsaturated/α-hetero) is 1. The number of hydrogen-bond acceptors (Lipinski definition) is 6. The first kappa shape index (κ1) is 17.6. The van der Waals surface area contributed by atoms with Crippen LogP contribution in [0.25, 0.3) is 21.5 Å². The molecular formula is C19H16N4O2S2. The minimum Gasteiger partial charge on any atom is -0.297 e. The quantitative estimate of drug-likeness (QED) is 0.515. The van der Waals surface area contributed by atoms with Crippen LogP contribution in [0.2, 0.25) is 0 Å². The number of hydrogen-bond donors (Lipinski definition) is 1. The molecule has 4 aromatic rings. The van der Waals surface area contributed by atoms with Gasteiger partial charge in [-0.15, -0.1) is 11.3 Å². The highest BCUT2D eigenvalue weighted by molar-refractivity contribution is 7.21. The van der Waals surface area contributed by atoms with Crippen LogP contribution in [0.3, 0.4) is 0 Å². The number of anilines is 1. The standard InChI is InChI=1S/C19H16N4O2S2/c1-10-13-9-14(26-18(13)23(3)22-10)17(25)21-19-20-15(16(27-19)11(2)24)12-7-5-4-6-8-12/h4-9H,1-3H3,(H,20,21,25). The number of nitrogens with one attached hydrogen (secondary N) is 1. The van der Waals surface area contributed by atoms with Crippen molar-refractivity contribution in [2.45, 2.75) is 13.8 Å². The number of aryl methyl sites for hydroxylation is 2. The number of carbonyl (C=O) groups excluding carboxylic acids is 2. The molecule has 0 radical (unpaired) electrons. The average Bonchev–Trinajstić information content (AvgIpc) is 3.32. The summed E-state index contributed by atoms with van der Waals surface area (Å²) in [7, 11) is 1.86. The number of thiophene rings is 1. The van der Waals surface area contributed by atoms with Gasteiger partial charge in [-0.2, -0.15) is 5.10 Å². The number of fused-ring (bicyclic) bond motifs is 1. The van der Waals surface area contributed by atoms with E-state index in [1.165, 1.54) is 29.6 Å². The fourth-order valence-electron chi connectivity index (χ4n) is 2.88. The Hall–Kier alpha value is -2.84. The molecule has 1 aromatic carbocycles. The lowest BCUT2D eigenvalue weighted by atomic mass is 10.1. The lowest BCUT2D eigenvalue weighted by Crippen LogP contribution is -2.09. The first-order valence-electron chi connectivity index (χ1n) is 8.25. The minimum atomic E-state index is -0.237. The molecule has 136 valence electrons. The number of carbonyl (C=O) groups is 2. The van der Waals surface area contributed by atoms with Crippen molar-refractivity contribution in [3.8, 4) is 11.3 Å². The highest BCUT2D eigenvalue weighted by Crippen LogP contribution is 2.33. The van der Waals surface area contributed by atoms with Crippen LogP contribution in [0, 0.1) is 6.92 Å². The Kier molecular flexibility index (Phi) is 4.37. The molecule has 8 heteroatoms. The number of amides is 1. The molecule has 27 heavy (non-hydrogen) atoms. The van der Waals surface area contributed by atoms with Crippen LogP contribution < -0.4 is 5.32 Å². The fraction of sp³-hybridized carbons (Fsp3) is 0.158. The molecule has 1 N–H and O–H groups in total. The second-order valence-corrected chi connectivity index (χ2v) is 8.14. The summed E-state index contributed by atoms with van der Waals surface area (Å²) in [5, 5.41) is 8.57. The predicted molar refractivity (Wildman–Crippen MR) is 109 cm³/mol. The maximum absolute atomic E-state index is 12.7. The molecule has 0 aliphatic carbocycles. The average molecular weight is 396 g/mol. The van der Waals surface area contributed by atoms with Crippen molar-refractivity contribution in [1.82, 2.24) is 14.8 Å². The van der Waals surface area contributed by atoms with Gasteiger partial charge in [0.1, 0.15) is 4.83 Å². The monoisotopic (exact) mass is 396 g/mol. The van der Waals surface area contributed by atoms with Crippen molar-refractivity contribution in [3.05, 3.63) is 51.8 Å². The van der Waals surface area contributed by atoms with Gasteiger partial charge in [0.25, 0.3) is 5.91 Å². The Bertz CT molecular complexity index is 1140. The second kappa shape index (κ2) is 6.71. The molecular weight excluding hydrogens is 380 g/mol. The van der Waals surface area contributed by atoms with Crippen molar-refractivity contribution >= 4 is 49.7 Å². The summed E-state index contributed by atoms with van der Waals surface area (Å²) in [4.78, 5) is 31.3. The number of ketones is 1. The van der Waals surface area contributed by atoms with Gasteiger partial charge in [-0.3, -0.25) is 19.6 Å². The highest BCUT2D eigenvalue weighted by atomic mass is 32.1. The van der Waals surface area contributed by atoms with Gasteiger partial charge >= 0.3 is 0 Å². The van der Waals surface area contributed by atoms with Crippen LogP contribution in [-0.4, -0.2) is 26.5 Å². The first-order valence-corrected chi connectivity index (χ1v) is 9.89. The van der Waals surface area contributed by atoms with Crippen LogP contribution >= 0.6 is 22.7 Å². The van der Waals surface area contributed by atoms with Crippen molar-refractivity contribution in [1.29, 1.82) is 0 Å². The fourth-order valence-corrected chi connectivity index (χ4v) is 4.78. The largest absolute Gasteiger partial charge is 0.297 e. The van der Waals surface area contributed by atoms with E-state index in [1.807, 2.05) is 50.4 Å². The highest BCUT2D eigenvalue weighted by Gasteiger charge is 2.20. The first-order chi connectivity index (χ1) is 12.9. The van der Waals surface area contributed by atoms with E-state index in [9.17, 15) is 9.59 Å². The Morgan fingerprint density at radius 1 is 1.15 bits per heavy atom. The Labute approximate surface area is 163 Å². The third kappa shape index (κ3) is 3.17. The molecule has 0 bridgehead atoms. The number of rotatable bonds is 4. The molecule has 0 atom stereocenters. The molecule has 3 heterocycles. The molecule has 0 saturated carbocycles. The van der Waals surface area contributed by atoms with Gasteiger partial charge in [0, 0.05) is 24.9 Å². The predicted octanol–water partition coefficient (Wildman–Crippen LogP) is 4.52. The van der Waals surface area contributed by atoms with Gasteiger partial charge < -0.3 is 0 Å². The summed E-state index contributed by atoms with van der Waals surface area (Å²) in [5.74, 6) is -0.311. The van der Waals surface area contributed by atoms with Crippen molar-refractivity contribution in [2.24, 2.45) is 7.05 Å². The van der Waals surface area contributed by atoms with Gasteiger partial charge in [-0.1, -0.05) is 41.7 Å². The SMILES string of the molecule is CC(=O)c1sc(NC(=O)c2cc3c(C)nn(C)c3s2)nc1-c1ccccc1. The lowest BCUT2D eigenvalue weighted by molar-refractivity contribution is 0.101. The molecule has 0 aliphatic rings. The smallest absolute Gasteiger partial charge is 0.267 e. The van der Waals surface area contributed by atoms with Crippen LogP contribution in [0.4, 0.5) is 5.13 Å². The summed E-state index contributed by atoms with van der Waals surface area (Å²) < 4.78 is 1.77. The number of nitrogens with zero attached hydrogens (tertiary/aromatic N) is 3. The third-order valence-corrected chi connectivity index (χ3v) is 6.41. The number of benzene rings is 1. The molecule has 1 amide bonds. The topological polar surface area (TPSA) is 76.9 Å². The van der Waals surface area contributed by atoms with E-state index in [2.05, 4.69) is 15.4 Å². The molecule has 0 saturated heterocycles.